The van der Waals surface area contributed by atoms with Gasteiger partial charge in [-0.1, -0.05) is 0 Å². The third kappa shape index (κ3) is 4.38. The maximum absolute atomic E-state index is 13.6. The highest BCUT2D eigenvalue weighted by molar-refractivity contribution is 5.85. The molecule has 2 aliphatic heterocycles. The largest absolute Gasteiger partial charge is 0.454 e. The van der Waals surface area contributed by atoms with Crippen LogP contribution in [0.2, 0.25) is 0 Å². The maximum atomic E-state index is 13.6. The molecule has 0 aliphatic carbocycles. The summed E-state index contributed by atoms with van der Waals surface area (Å²) in [6.45, 7) is 0.918. The molecule has 142 valence electrons. The lowest BCUT2D eigenvalue weighted by Gasteiger charge is -2.35. The van der Waals surface area contributed by atoms with Crippen molar-refractivity contribution in [2.24, 2.45) is 0 Å². The Kier molecular flexibility index (Phi) is 7.12. The first-order chi connectivity index (χ1) is 10.9. The van der Waals surface area contributed by atoms with Gasteiger partial charge in [0.1, 0.15) is 6.04 Å². The van der Waals surface area contributed by atoms with Crippen molar-refractivity contribution in [3.05, 3.63) is 27.8 Å². The number of nitro benzene ring substituents is 1. The monoisotopic (exact) mass is 405 g/mol. The van der Waals surface area contributed by atoms with E-state index in [9.17, 15) is 23.3 Å². The van der Waals surface area contributed by atoms with E-state index < -0.39 is 28.4 Å². The van der Waals surface area contributed by atoms with E-state index in [0.717, 1.165) is 12.1 Å². The number of alkyl halides is 3. The fourth-order valence-electron chi connectivity index (χ4n) is 2.84. The van der Waals surface area contributed by atoms with E-state index in [0.29, 0.717) is 13.1 Å². The van der Waals surface area contributed by atoms with Gasteiger partial charge in [-0.05, 0) is 6.07 Å². The Bertz CT molecular complexity index is 627. The van der Waals surface area contributed by atoms with Crippen LogP contribution < -0.4 is 14.8 Å². The van der Waals surface area contributed by atoms with Crippen molar-refractivity contribution >= 4 is 30.5 Å². The first-order valence-corrected chi connectivity index (χ1v) is 6.97. The van der Waals surface area contributed by atoms with E-state index in [1.165, 1.54) is 4.90 Å². The summed E-state index contributed by atoms with van der Waals surface area (Å²) in [6, 6.07) is 0.0127. The van der Waals surface area contributed by atoms with Crippen molar-refractivity contribution in [1.29, 1.82) is 0 Å². The number of fused-ring (bicyclic) bond motifs is 1. The minimum atomic E-state index is -4.64. The molecule has 0 amide bonds. The Labute approximate surface area is 153 Å². The van der Waals surface area contributed by atoms with Crippen molar-refractivity contribution in [3.63, 3.8) is 0 Å². The number of benzene rings is 1. The van der Waals surface area contributed by atoms with E-state index in [-0.39, 0.29) is 56.2 Å². The molecule has 1 N–H and O–H groups in total. The lowest BCUT2D eigenvalue weighted by molar-refractivity contribution is -0.386. The molecule has 1 atom stereocenters. The Morgan fingerprint density at radius 3 is 2.24 bits per heavy atom. The summed E-state index contributed by atoms with van der Waals surface area (Å²) in [6.07, 6.45) is -4.64. The lowest BCUT2D eigenvalue weighted by atomic mass is 10.0. The van der Waals surface area contributed by atoms with Crippen LogP contribution in [0.3, 0.4) is 0 Å². The summed E-state index contributed by atoms with van der Waals surface area (Å²) in [4.78, 5) is 11.6. The Morgan fingerprint density at radius 1 is 1.16 bits per heavy atom. The third-order valence-corrected chi connectivity index (χ3v) is 3.84. The van der Waals surface area contributed by atoms with Crippen LogP contribution in [-0.2, 0) is 0 Å². The smallest absolute Gasteiger partial charge is 0.408 e. The van der Waals surface area contributed by atoms with Gasteiger partial charge >= 0.3 is 6.18 Å². The number of nitrogens with one attached hydrogen (secondary N) is 1. The quantitative estimate of drug-likeness (QED) is 0.615. The Balaban J connectivity index is 0.00000156. The number of ether oxygens (including phenoxy) is 2. The van der Waals surface area contributed by atoms with Crippen LogP contribution in [0.25, 0.3) is 0 Å². The zero-order valence-corrected chi connectivity index (χ0v) is 14.4. The third-order valence-electron chi connectivity index (χ3n) is 3.84. The van der Waals surface area contributed by atoms with E-state index in [4.69, 9.17) is 9.47 Å². The van der Waals surface area contributed by atoms with Crippen LogP contribution in [0, 0.1) is 10.1 Å². The van der Waals surface area contributed by atoms with E-state index in [1.807, 2.05) is 0 Å². The minimum Gasteiger partial charge on any atom is -0.454 e. The number of nitro groups is 1. The van der Waals surface area contributed by atoms with Gasteiger partial charge in [-0.25, -0.2) is 0 Å². The molecule has 0 radical (unpaired) electrons. The Morgan fingerprint density at radius 2 is 1.72 bits per heavy atom. The molecule has 0 unspecified atom stereocenters. The molecule has 7 nitrogen and oxygen atoms in total. The number of halogens is 5. The molecule has 0 spiro atoms. The van der Waals surface area contributed by atoms with Gasteiger partial charge in [0.2, 0.25) is 6.79 Å². The summed E-state index contributed by atoms with van der Waals surface area (Å²) in [5.74, 6) is 0.177. The molecule has 25 heavy (non-hydrogen) atoms. The molecule has 1 fully saturated rings. The summed E-state index contributed by atoms with van der Waals surface area (Å²) >= 11 is 0. The molecule has 12 heteroatoms. The van der Waals surface area contributed by atoms with Crippen molar-refractivity contribution < 1.29 is 27.6 Å². The molecule has 1 aromatic rings. The normalized spacial score (nSPS) is 18.0. The van der Waals surface area contributed by atoms with Crippen molar-refractivity contribution in [3.8, 4) is 11.5 Å². The highest BCUT2D eigenvalue weighted by Gasteiger charge is 2.48. The predicted molar refractivity (Wildman–Crippen MR) is 87.0 cm³/mol. The topological polar surface area (TPSA) is 76.9 Å². The average molecular weight is 406 g/mol. The van der Waals surface area contributed by atoms with Crippen LogP contribution in [0.4, 0.5) is 18.9 Å². The van der Waals surface area contributed by atoms with Gasteiger partial charge in [-0.3, -0.25) is 15.0 Å². The first kappa shape index (κ1) is 21.6. The second kappa shape index (κ2) is 8.26. The molecule has 2 aliphatic rings. The van der Waals surface area contributed by atoms with Crippen LogP contribution in [0.15, 0.2) is 12.1 Å². The fourth-order valence-corrected chi connectivity index (χ4v) is 2.84. The van der Waals surface area contributed by atoms with Crippen molar-refractivity contribution in [2.75, 3.05) is 33.0 Å². The zero-order valence-electron chi connectivity index (χ0n) is 12.7. The molecule has 0 saturated carbocycles. The van der Waals surface area contributed by atoms with Gasteiger partial charge in [0, 0.05) is 26.2 Å². The van der Waals surface area contributed by atoms with E-state index in [2.05, 4.69) is 5.32 Å². The molecule has 1 saturated heterocycles. The number of piperazine rings is 1. The number of nitrogens with zero attached hydrogens (tertiary/aromatic N) is 2. The van der Waals surface area contributed by atoms with Gasteiger partial charge in [0.15, 0.2) is 11.5 Å². The molecule has 3 rings (SSSR count). The molecule has 0 aromatic heterocycles. The first-order valence-electron chi connectivity index (χ1n) is 6.97. The SMILES string of the molecule is Cl.Cl.O=[N+]([O-])c1cc2c(cc1[C@H](N1CCNCC1)C(F)(F)F)OCO2. The van der Waals surface area contributed by atoms with Crippen LogP contribution in [0.5, 0.6) is 11.5 Å². The minimum absolute atomic E-state index is 0. The molecular formula is C13H16Cl2F3N3O4. The molecule has 1 aromatic carbocycles. The standard InChI is InChI=1S/C13H14F3N3O4.2ClH/c14-13(15,16)12(18-3-1-17-2-4-18)8-5-10-11(23-7-22-10)6-9(8)19(20)21;;/h5-6,12,17H,1-4,7H2;2*1H/t12-;;/m0../s1. The van der Waals surface area contributed by atoms with Crippen LogP contribution >= 0.6 is 24.8 Å². The fraction of sp³-hybridized carbons (Fsp3) is 0.538. The zero-order chi connectivity index (χ0) is 16.6. The van der Waals surface area contributed by atoms with Gasteiger partial charge < -0.3 is 14.8 Å². The maximum Gasteiger partial charge on any atom is 0.408 e. The highest BCUT2D eigenvalue weighted by atomic mass is 35.5. The van der Waals surface area contributed by atoms with E-state index in [1.54, 1.807) is 0 Å². The number of hydrogen-bond acceptors (Lipinski definition) is 6. The average Bonchev–Trinajstić information content (AvgIpc) is 2.93. The van der Waals surface area contributed by atoms with Gasteiger partial charge in [0.25, 0.3) is 5.69 Å². The predicted octanol–water partition coefficient (Wildman–Crippen LogP) is 2.68. The second-order valence-electron chi connectivity index (χ2n) is 5.25. The highest BCUT2D eigenvalue weighted by Crippen LogP contribution is 2.46. The van der Waals surface area contributed by atoms with Crippen LogP contribution in [-0.4, -0.2) is 49.0 Å². The molecule has 0 bridgehead atoms. The van der Waals surface area contributed by atoms with Gasteiger partial charge in [-0.2, -0.15) is 13.2 Å². The van der Waals surface area contributed by atoms with E-state index >= 15 is 0 Å². The van der Waals surface area contributed by atoms with Crippen molar-refractivity contribution in [2.45, 2.75) is 12.2 Å². The summed E-state index contributed by atoms with van der Waals surface area (Å²) in [5.41, 5.74) is -1.04. The summed E-state index contributed by atoms with van der Waals surface area (Å²) < 4.78 is 51.0. The Hall–Kier alpha value is -1.49. The summed E-state index contributed by atoms with van der Waals surface area (Å²) in [7, 11) is 0. The molecular weight excluding hydrogens is 390 g/mol. The molecule has 2 heterocycles. The van der Waals surface area contributed by atoms with Crippen molar-refractivity contribution in [1.82, 2.24) is 10.2 Å². The van der Waals surface area contributed by atoms with Gasteiger partial charge in [-0.15, -0.1) is 24.8 Å². The summed E-state index contributed by atoms with van der Waals surface area (Å²) in [5, 5.41) is 14.2. The number of rotatable bonds is 3. The number of hydrogen-bond donors (Lipinski definition) is 1. The lowest BCUT2D eigenvalue weighted by Crippen LogP contribution is -2.49. The second-order valence-corrected chi connectivity index (χ2v) is 5.25. The van der Waals surface area contributed by atoms with Crippen LogP contribution in [0.1, 0.15) is 11.6 Å². The van der Waals surface area contributed by atoms with Gasteiger partial charge in [0.05, 0.1) is 16.6 Å².